The van der Waals surface area contributed by atoms with Gasteiger partial charge in [0.1, 0.15) is 0 Å². The molecule has 0 fully saturated rings. The second-order valence-electron chi connectivity index (χ2n) is 2.67. The van der Waals surface area contributed by atoms with Crippen LogP contribution in [0.3, 0.4) is 0 Å². The third-order valence-corrected chi connectivity index (χ3v) is 2.20. The first-order chi connectivity index (χ1) is 6.54. The first-order valence-electron chi connectivity index (χ1n) is 3.66. The van der Waals surface area contributed by atoms with E-state index in [2.05, 4.69) is 0 Å². The minimum absolute atomic E-state index is 0.428. The van der Waals surface area contributed by atoms with Gasteiger partial charge in [-0.2, -0.15) is 13.2 Å². The van der Waals surface area contributed by atoms with Gasteiger partial charge in [-0.05, 0) is 6.42 Å². The molecule has 0 heterocycles. The second-order valence-corrected chi connectivity index (χ2v) is 4.44. The maximum absolute atomic E-state index is 11.7. The summed E-state index contributed by atoms with van der Waals surface area (Å²) >= 11 is 0. The van der Waals surface area contributed by atoms with Crippen LogP contribution < -0.4 is 0 Å². The third-order valence-electron chi connectivity index (χ3n) is 1.30. The molecule has 1 amide bonds. The van der Waals surface area contributed by atoms with Crippen LogP contribution in [0.5, 0.6) is 0 Å². The van der Waals surface area contributed by atoms with Crippen molar-refractivity contribution in [3.8, 4) is 0 Å². The highest BCUT2D eigenvalue weighted by atomic mass is 31.2. The number of hydroxylamine groups is 2. The summed E-state index contributed by atoms with van der Waals surface area (Å²) in [6, 6.07) is 0. The zero-order valence-corrected chi connectivity index (χ0v) is 8.20. The predicted octanol–water partition coefficient (Wildman–Crippen LogP) is 0.334. The van der Waals surface area contributed by atoms with Crippen LogP contribution in [-0.2, 0) is 9.36 Å². The van der Waals surface area contributed by atoms with Gasteiger partial charge < -0.3 is 9.79 Å². The Morgan fingerprint density at radius 2 is 1.80 bits per heavy atom. The van der Waals surface area contributed by atoms with Crippen LogP contribution >= 0.6 is 7.60 Å². The van der Waals surface area contributed by atoms with Gasteiger partial charge in [-0.25, -0.2) is 5.06 Å². The van der Waals surface area contributed by atoms with Crippen molar-refractivity contribution in [1.82, 2.24) is 5.06 Å². The molecule has 3 N–H and O–H groups in total. The van der Waals surface area contributed by atoms with Gasteiger partial charge in [0.15, 0.2) is 0 Å². The molecule has 0 aliphatic carbocycles. The number of hydrogen-bond acceptors (Lipinski definition) is 3. The molecule has 15 heavy (non-hydrogen) atoms. The fraction of sp³-hybridized carbons (Fsp3) is 0.800. The van der Waals surface area contributed by atoms with Crippen molar-refractivity contribution in [2.24, 2.45) is 0 Å². The summed E-state index contributed by atoms with van der Waals surface area (Å²) in [4.78, 5) is 26.9. The van der Waals surface area contributed by atoms with Crippen molar-refractivity contribution in [1.29, 1.82) is 0 Å². The predicted molar refractivity (Wildman–Crippen MR) is 41.1 cm³/mol. The topological polar surface area (TPSA) is 98.1 Å². The maximum Gasteiger partial charge on any atom is 0.473 e. The van der Waals surface area contributed by atoms with Crippen molar-refractivity contribution < 1.29 is 37.5 Å². The molecule has 90 valence electrons. The largest absolute Gasteiger partial charge is 0.473 e. The number of nitrogens with zero attached hydrogens (tertiary/aromatic N) is 1. The quantitative estimate of drug-likeness (QED) is 0.380. The van der Waals surface area contributed by atoms with E-state index in [9.17, 15) is 22.5 Å². The molecule has 0 spiro atoms. The van der Waals surface area contributed by atoms with Gasteiger partial charge in [-0.3, -0.25) is 14.6 Å². The Balaban J connectivity index is 4.01. The average Bonchev–Trinajstić information content (AvgIpc) is 1.98. The number of carbonyl (C=O) groups excluding carboxylic acids is 1. The molecule has 0 saturated heterocycles. The van der Waals surface area contributed by atoms with E-state index in [0.717, 1.165) is 0 Å². The zero-order chi connectivity index (χ0) is 12.3. The molecular weight excluding hydrogens is 242 g/mol. The number of amides is 1. The SMILES string of the molecule is O=C(N(O)CCCP(=O)(O)O)C(F)(F)F. The smallest absolute Gasteiger partial charge is 0.324 e. The number of carbonyl (C=O) groups is 1. The van der Waals surface area contributed by atoms with E-state index in [1.165, 1.54) is 0 Å². The van der Waals surface area contributed by atoms with Gasteiger partial charge in [0.25, 0.3) is 0 Å². The lowest BCUT2D eigenvalue weighted by Crippen LogP contribution is -2.39. The number of hydrogen-bond donors (Lipinski definition) is 3. The standard InChI is InChI=1S/C5H9F3NO5P/c6-5(7,8)4(10)9(11)2-1-3-15(12,13)14/h11H,1-3H2,(H2,12,13,14). The van der Waals surface area contributed by atoms with Crippen molar-refractivity contribution in [2.45, 2.75) is 12.6 Å². The Morgan fingerprint density at radius 3 is 2.13 bits per heavy atom. The molecule has 0 radical (unpaired) electrons. The lowest BCUT2D eigenvalue weighted by atomic mass is 10.4. The molecular formula is C5H9F3NO5P. The summed E-state index contributed by atoms with van der Waals surface area (Å²) in [6.45, 7) is -0.788. The lowest BCUT2D eigenvalue weighted by Gasteiger charge is -2.16. The minimum Gasteiger partial charge on any atom is -0.324 e. The van der Waals surface area contributed by atoms with Crippen molar-refractivity contribution in [2.75, 3.05) is 12.7 Å². The number of rotatable bonds is 4. The minimum atomic E-state index is -5.20. The Labute approximate surface area is 82.4 Å². The first kappa shape index (κ1) is 14.4. The maximum atomic E-state index is 11.7. The fourth-order valence-corrected chi connectivity index (χ4v) is 1.23. The summed E-state index contributed by atoms with van der Waals surface area (Å²) < 4.78 is 45.2. The second kappa shape index (κ2) is 4.93. The summed E-state index contributed by atoms with van der Waals surface area (Å²) in [7, 11) is -4.32. The van der Waals surface area contributed by atoms with E-state index in [-0.39, 0.29) is 0 Å². The Kier molecular flexibility index (Phi) is 4.72. The molecule has 0 bridgehead atoms. The molecule has 10 heteroatoms. The van der Waals surface area contributed by atoms with E-state index in [1.54, 1.807) is 0 Å². The van der Waals surface area contributed by atoms with Gasteiger partial charge in [0.2, 0.25) is 0 Å². The molecule has 0 rings (SSSR count). The zero-order valence-electron chi connectivity index (χ0n) is 7.31. The van der Waals surface area contributed by atoms with E-state index in [4.69, 9.17) is 15.0 Å². The van der Waals surface area contributed by atoms with E-state index >= 15 is 0 Å². The monoisotopic (exact) mass is 251 g/mol. The summed E-state index contributed by atoms with van der Waals surface area (Å²) in [5.41, 5.74) is 0. The molecule has 0 aromatic heterocycles. The molecule has 0 saturated carbocycles. The van der Waals surface area contributed by atoms with Gasteiger partial charge in [0.05, 0.1) is 6.16 Å². The van der Waals surface area contributed by atoms with Crippen LogP contribution in [0.25, 0.3) is 0 Å². The highest BCUT2D eigenvalue weighted by Gasteiger charge is 2.42. The Morgan fingerprint density at radius 1 is 1.33 bits per heavy atom. The summed E-state index contributed by atoms with van der Waals surface area (Å²) in [5, 5.41) is 7.95. The first-order valence-corrected chi connectivity index (χ1v) is 5.46. The van der Waals surface area contributed by atoms with Gasteiger partial charge in [0, 0.05) is 6.54 Å². The van der Waals surface area contributed by atoms with Crippen molar-refractivity contribution >= 4 is 13.5 Å². The number of halogens is 3. The van der Waals surface area contributed by atoms with Gasteiger partial charge >= 0.3 is 19.7 Å². The molecule has 0 aliphatic rings. The summed E-state index contributed by atoms with van der Waals surface area (Å²) in [6.07, 6.45) is -6.32. The van der Waals surface area contributed by atoms with Gasteiger partial charge in [-0.1, -0.05) is 0 Å². The fourth-order valence-electron chi connectivity index (χ4n) is 0.674. The molecule has 0 unspecified atom stereocenters. The van der Waals surface area contributed by atoms with Crippen molar-refractivity contribution in [3.05, 3.63) is 0 Å². The Hall–Kier alpha value is -0.630. The summed E-state index contributed by atoms with van der Waals surface area (Å²) in [5.74, 6) is -2.46. The van der Waals surface area contributed by atoms with Crippen LogP contribution in [-0.4, -0.2) is 44.8 Å². The van der Waals surface area contributed by atoms with Crippen LogP contribution in [0.1, 0.15) is 6.42 Å². The molecule has 0 atom stereocenters. The van der Waals surface area contributed by atoms with E-state index in [0.29, 0.717) is 0 Å². The molecule has 0 aromatic rings. The molecule has 0 aromatic carbocycles. The van der Waals surface area contributed by atoms with Crippen LogP contribution in [0.4, 0.5) is 13.2 Å². The highest BCUT2D eigenvalue weighted by molar-refractivity contribution is 7.51. The lowest BCUT2D eigenvalue weighted by molar-refractivity contribution is -0.215. The van der Waals surface area contributed by atoms with E-state index < -0.39 is 43.9 Å². The third kappa shape index (κ3) is 6.45. The van der Waals surface area contributed by atoms with Crippen LogP contribution in [0.2, 0.25) is 0 Å². The van der Waals surface area contributed by atoms with E-state index in [1.807, 2.05) is 0 Å². The normalized spacial score (nSPS) is 12.7. The van der Waals surface area contributed by atoms with Crippen LogP contribution in [0, 0.1) is 0 Å². The van der Waals surface area contributed by atoms with Crippen LogP contribution in [0.15, 0.2) is 0 Å². The van der Waals surface area contributed by atoms with Crippen molar-refractivity contribution in [3.63, 3.8) is 0 Å². The Bertz CT molecular complexity index is 274. The molecule has 0 aliphatic heterocycles. The number of alkyl halides is 3. The van der Waals surface area contributed by atoms with Gasteiger partial charge in [-0.15, -0.1) is 0 Å². The molecule has 6 nitrogen and oxygen atoms in total. The average molecular weight is 251 g/mol. The highest BCUT2D eigenvalue weighted by Crippen LogP contribution is 2.34.